The molecule has 5 heteroatoms. The molecule has 10 rings (SSSR count). The summed E-state index contributed by atoms with van der Waals surface area (Å²) < 4.78 is 8.87. The Bertz CT molecular complexity index is 3360. The third kappa shape index (κ3) is 7.25. The molecular weight excluding hydrogens is 783 g/mol. The Morgan fingerprint density at radius 2 is 1.16 bits per heavy atom. The van der Waals surface area contributed by atoms with E-state index < -0.39 is 0 Å². The van der Waals surface area contributed by atoms with Crippen molar-refractivity contribution in [2.24, 2.45) is 0 Å². The van der Waals surface area contributed by atoms with Crippen LogP contribution in [0.2, 0.25) is 0 Å². The van der Waals surface area contributed by atoms with E-state index in [1.165, 1.54) is 16.7 Å². The Morgan fingerprint density at radius 1 is 0.562 bits per heavy atom. The van der Waals surface area contributed by atoms with Crippen LogP contribution in [-0.2, 0) is 10.8 Å². The molecule has 0 amide bonds. The minimum Gasteiger partial charge on any atom is -0.507 e. The van der Waals surface area contributed by atoms with Crippen molar-refractivity contribution in [2.75, 3.05) is 0 Å². The highest BCUT2D eigenvalue weighted by molar-refractivity contribution is 6.18. The van der Waals surface area contributed by atoms with Crippen molar-refractivity contribution >= 4 is 33.0 Å². The highest BCUT2D eigenvalue weighted by Gasteiger charge is 2.30. The van der Waals surface area contributed by atoms with Crippen LogP contribution in [0.15, 0.2) is 168 Å². The summed E-state index contributed by atoms with van der Waals surface area (Å²) in [5.74, 6) is 1.10. The van der Waals surface area contributed by atoms with Crippen LogP contribution in [0.5, 0.6) is 5.75 Å². The van der Waals surface area contributed by atoms with E-state index in [2.05, 4.69) is 206 Å². The molecule has 0 aliphatic heterocycles. The molecule has 0 aliphatic carbocycles. The largest absolute Gasteiger partial charge is 0.507 e. The number of aromatic hydroxyl groups is 1. The minimum absolute atomic E-state index is 0.170. The predicted molar refractivity (Wildman–Crippen MR) is 266 cm³/mol. The highest BCUT2D eigenvalue weighted by Crippen LogP contribution is 2.46. The Kier molecular flexibility index (Phi) is 9.90. The Hall–Kier alpha value is -7.24. The number of imidazole rings is 1. The Morgan fingerprint density at radius 3 is 1.81 bits per heavy atom. The summed E-state index contributed by atoms with van der Waals surface area (Å²) in [6.07, 6.45) is 1.88. The molecule has 0 saturated carbocycles. The molecule has 0 fully saturated rings. The number of hydrogen-bond donors (Lipinski definition) is 1. The second kappa shape index (κ2) is 15.5. The zero-order valence-electron chi connectivity index (χ0n) is 37.9. The van der Waals surface area contributed by atoms with E-state index in [0.717, 1.165) is 83.3 Å². The summed E-state index contributed by atoms with van der Waals surface area (Å²) in [5.41, 5.74) is 16.5. The van der Waals surface area contributed by atoms with Gasteiger partial charge in [-0.15, -0.1) is 0 Å². The topological polar surface area (TPSA) is 64.1 Å². The number of hydrogen-bond acceptors (Lipinski definition) is 4. The van der Waals surface area contributed by atoms with Crippen molar-refractivity contribution in [1.29, 1.82) is 0 Å². The first-order valence-electron chi connectivity index (χ1n) is 22.3. The number of rotatable bonds is 7. The lowest BCUT2D eigenvalue weighted by molar-refractivity contribution is 0.446. The molecule has 0 radical (unpaired) electrons. The Labute approximate surface area is 375 Å². The first-order chi connectivity index (χ1) is 30.7. The molecule has 0 atom stereocenters. The number of pyridine rings is 1. The standard InChI is InChI=1S/C59H53N3O2/c1-36(2)45-31-41(40-21-19-39(20-22-40)37-15-11-9-12-16-37)23-25-50(45)62-51-26-28-53-54(55(51)61-57(62)47-34-44(58(3,4)5)35-48(56(47)63)59(6,7)8)46-32-43(24-27-52(46)64-53)49-33-42(29-30-60-49)38-17-13-10-14-18-38/h9-36,63H,1-8H3. The van der Waals surface area contributed by atoms with Crippen LogP contribution in [0.4, 0.5) is 0 Å². The van der Waals surface area contributed by atoms with Crippen molar-refractivity contribution in [2.45, 2.75) is 72.1 Å². The molecule has 0 unspecified atom stereocenters. The van der Waals surface area contributed by atoms with E-state index in [0.29, 0.717) is 11.4 Å². The van der Waals surface area contributed by atoms with Crippen LogP contribution in [-0.4, -0.2) is 19.6 Å². The molecule has 10 aromatic rings. The van der Waals surface area contributed by atoms with Gasteiger partial charge >= 0.3 is 0 Å². The normalized spacial score (nSPS) is 12.3. The van der Waals surface area contributed by atoms with Gasteiger partial charge < -0.3 is 9.52 Å². The molecule has 0 bridgehead atoms. The highest BCUT2D eigenvalue weighted by atomic mass is 16.3. The summed E-state index contributed by atoms with van der Waals surface area (Å²) in [6.45, 7) is 17.7. The van der Waals surface area contributed by atoms with Gasteiger partial charge in [0.1, 0.15) is 28.3 Å². The lowest BCUT2D eigenvalue weighted by Crippen LogP contribution is -2.17. The van der Waals surface area contributed by atoms with E-state index in [-0.39, 0.29) is 22.5 Å². The molecule has 3 aromatic heterocycles. The maximum absolute atomic E-state index is 12.5. The summed E-state index contributed by atoms with van der Waals surface area (Å²) in [6, 6.07) is 55.5. The van der Waals surface area contributed by atoms with Crippen LogP contribution in [0, 0.1) is 0 Å². The first kappa shape index (κ1) is 40.8. The van der Waals surface area contributed by atoms with Crippen LogP contribution in [0.3, 0.4) is 0 Å². The second-order valence-electron chi connectivity index (χ2n) is 19.5. The summed E-state index contributed by atoms with van der Waals surface area (Å²) in [7, 11) is 0. The van der Waals surface area contributed by atoms with Crippen molar-refractivity contribution in [3.05, 3.63) is 181 Å². The van der Waals surface area contributed by atoms with E-state index >= 15 is 0 Å². The monoisotopic (exact) mass is 835 g/mol. The van der Waals surface area contributed by atoms with Gasteiger partial charge in [0.25, 0.3) is 0 Å². The fourth-order valence-corrected chi connectivity index (χ4v) is 9.08. The molecule has 7 aromatic carbocycles. The van der Waals surface area contributed by atoms with E-state index in [9.17, 15) is 5.11 Å². The lowest BCUT2D eigenvalue weighted by Gasteiger charge is -2.28. The van der Waals surface area contributed by atoms with Gasteiger partial charge in [-0.3, -0.25) is 9.55 Å². The van der Waals surface area contributed by atoms with Gasteiger partial charge in [-0.1, -0.05) is 152 Å². The molecule has 1 N–H and O–H groups in total. The molecule has 3 heterocycles. The summed E-state index contributed by atoms with van der Waals surface area (Å²) in [4.78, 5) is 10.4. The van der Waals surface area contributed by atoms with Gasteiger partial charge in [-0.05, 0) is 122 Å². The number of phenols is 1. The summed E-state index contributed by atoms with van der Waals surface area (Å²) in [5, 5.41) is 14.4. The van der Waals surface area contributed by atoms with Crippen molar-refractivity contribution in [3.8, 4) is 67.5 Å². The number of benzene rings is 7. The van der Waals surface area contributed by atoms with Crippen molar-refractivity contribution < 1.29 is 9.52 Å². The molecular formula is C59H53N3O2. The first-order valence-corrected chi connectivity index (χ1v) is 22.3. The number of nitrogens with zero attached hydrogens (tertiary/aromatic N) is 3. The molecule has 0 aliphatic rings. The predicted octanol–water partition coefficient (Wildman–Crippen LogP) is 16.1. The van der Waals surface area contributed by atoms with Crippen molar-refractivity contribution in [1.82, 2.24) is 14.5 Å². The van der Waals surface area contributed by atoms with Gasteiger partial charge in [-0.25, -0.2) is 4.98 Å². The third-order valence-electron chi connectivity index (χ3n) is 12.7. The van der Waals surface area contributed by atoms with Crippen LogP contribution < -0.4 is 0 Å². The van der Waals surface area contributed by atoms with Gasteiger partial charge in [0.05, 0.1) is 27.8 Å². The number of furan rings is 1. The zero-order valence-corrected chi connectivity index (χ0v) is 37.9. The van der Waals surface area contributed by atoms with Gasteiger partial charge in [0, 0.05) is 22.7 Å². The van der Waals surface area contributed by atoms with Gasteiger partial charge in [0.15, 0.2) is 0 Å². The maximum atomic E-state index is 12.5. The molecule has 0 saturated heterocycles. The Balaban J connectivity index is 1.22. The fraction of sp³-hybridized carbons (Fsp3) is 0.186. The van der Waals surface area contributed by atoms with Gasteiger partial charge in [-0.2, -0.15) is 0 Å². The zero-order chi connectivity index (χ0) is 44.5. The quantitative estimate of drug-likeness (QED) is 0.174. The maximum Gasteiger partial charge on any atom is 0.149 e. The van der Waals surface area contributed by atoms with E-state index in [4.69, 9.17) is 14.4 Å². The van der Waals surface area contributed by atoms with Crippen molar-refractivity contribution in [3.63, 3.8) is 0 Å². The lowest BCUT2D eigenvalue weighted by atomic mass is 9.79. The fourth-order valence-electron chi connectivity index (χ4n) is 9.08. The number of fused-ring (bicyclic) bond motifs is 5. The minimum atomic E-state index is -0.325. The number of phenolic OH excluding ortho intramolecular Hbond substituents is 1. The van der Waals surface area contributed by atoms with Crippen LogP contribution in [0.25, 0.3) is 94.7 Å². The van der Waals surface area contributed by atoms with Crippen LogP contribution >= 0.6 is 0 Å². The van der Waals surface area contributed by atoms with E-state index in [1.807, 2.05) is 18.3 Å². The average molecular weight is 836 g/mol. The molecule has 316 valence electrons. The van der Waals surface area contributed by atoms with Gasteiger partial charge in [0.2, 0.25) is 0 Å². The van der Waals surface area contributed by atoms with Crippen LogP contribution in [0.1, 0.15) is 78.0 Å². The van der Waals surface area contributed by atoms with E-state index in [1.54, 1.807) is 0 Å². The number of aromatic nitrogens is 3. The third-order valence-corrected chi connectivity index (χ3v) is 12.7. The molecule has 0 spiro atoms. The molecule has 64 heavy (non-hydrogen) atoms. The average Bonchev–Trinajstić information content (AvgIpc) is 3.87. The summed E-state index contributed by atoms with van der Waals surface area (Å²) >= 11 is 0. The SMILES string of the molecule is CC(C)c1cc(-c2ccc(-c3ccccc3)cc2)ccc1-n1c(-c2cc(C(C)(C)C)cc(C(C)(C)C)c2O)nc2c3c(ccc21)oc1ccc(-c2cc(-c4ccccc4)ccn2)cc13. The smallest absolute Gasteiger partial charge is 0.149 e. The second-order valence-corrected chi connectivity index (χ2v) is 19.5. The molecule has 5 nitrogen and oxygen atoms in total.